The molecule has 0 amide bonds. The third-order valence-corrected chi connectivity index (χ3v) is 10.3. The van der Waals surface area contributed by atoms with Crippen LogP contribution in [-0.2, 0) is 27.2 Å². The molecule has 1 atom stereocenters. The minimum Gasteiger partial charge on any atom is -0.330 e. The van der Waals surface area contributed by atoms with Crippen LogP contribution in [0.2, 0.25) is 0 Å². The maximum atomic E-state index is 13.2. The Morgan fingerprint density at radius 2 is 1.24 bits per heavy atom. The molecule has 21 heavy (non-hydrogen) atoms. The molecule has 1 fully saturated rings. The number of hydrogen-bond acceptors (Lipinski definition) is 7. The van der Waals surface area contributed by atoms with Gasteiger partial charge in [0.15, 0.2) is 4.90 Å². The second-order valence-corrected chi connectivity index (χ2v) is 9.65. The van der Waals surface area contributed by atoms with Gasteiger partial charge >= 0.3 is 15.2 Å². The molecule has 1 unspecified atom stereocenters. The highest BCUT2D eigenvalue weighted by molar-refractivity contribution is 7.75. The summed E-state index contributed by atoms with van der Waals surface area (Å²) in [5.74, 6) is -0.259. The number of rotatable bonds is 11. The molecule has 0 aromatic rings. The molecular weight excluding hydrogens is 316 g/mol. The van der Waals surface area contributed by atoms with Crippen molar-refractivity contribution in [1.82, 2.24) is 0 Å². The van der Waals surface area contributed by atoms with Crippen LogP contribution in [0.4, 0.5) is 0 Å². The SMILES string of the molecule is CCOP(=O)(OCC)C1(P(=O)(OCC)OCC)CC1CN. The van der Waals surface area contributed by atoms with Gasteiger partial charge in [-0.15, -0.1) is 0 Å². The molecular formula is C12H27NO6P2. The second kappa shape index (κ2) is 7.69. The van der Waals surface area contributed by atoms with E-state index in [-0.39, 0.29) is 38.9 Å². The van der Waals surface area contributed by atoms with E-state index in [1.807, 2.05) is 0 Å². The molecule has 2 N–H and O–H groups in total. The lowest BCUT2D eigenvalue weighted by Crippen LogP contribution is -2.24. The van der Waals surface area contributed by atoms with Crippen molar-refractivity contribution < 1.29 is 27.2 Å². The fourth-order valence-electron chi connectivity index (χ4n) is 2.60. The van der Waals surface area contributed by atoms with Crippen LogP contribution >= 0.6 is 15.2 Å². The van der Waals surface area contributed by atoms with E-state index < -0.39 is 20.1 Å². The van der Waals surface area contributed by atoms with E-state index in [9.17, 15) is 9.13 Å². The third kappa shape index (κ3) is 3.30. The first kappa shape index (κ1) is 19.3. The molecule has 1 aliphatic carbocycles. The second-order valence-electron chi connectivity index (χ2n) is 4.68. The predicted octanol–water partition coefficient (Wildman–Crippen LogP) is 3.19. The average molecular weight is 343 g/mol. The van der Waals surface area contributed by atoms with E-state index in [1.165, 1.54) is 0 Å². The fraction of sp³-hybridized carbons (Fsp3) is 1.00. The van der Waals surface area contributed by atoms with E-state index >= 15 is 0 Å². The third-order valence-electron chi connectivity index (χ3n) is 3.47. The lowest BCUT2D eigenvalue weighted by atomic mass is 10.4. The van der Waals surface area contributed by atoms with Crippen LogP contribution in [0.15, 0.2) is 0 Å². The summed E-state index contributed by atoms with van der Waals surface area (Å²) in [4.78, 5) is -1.27. The Bertz CT molecular complexity index is 380. The van der Waals surface area contributed by atoms with Crippen molar-refractivity contribution in [2.75, 3.05) is 33.0 Å². The summed E-state index contributed by atoms with van der Waals surface area (Å²) in [6.07, 6.45) is 0.359. The van der Waals surface area contributed by atoms with Gasteiger partial charge in [0, 0.05) is 5.92 Å². The molecule has 0 heterocycles. The molecule has 1 rings (SSSR count). The van der Waals surface area contributed by atoms with Gasteiger partial charge in [0.2, 0.25) is 0 Å². The molecule has 9 heteroatoms. The Morgan fingerprint density at radius 1 is 0.905 bits per heavy atom. The average Bonchev–Trinajstić information content (AvgIpc) is 3.16. The first-order valence-corrected chi connectivity index (χ1v) is 10.5. The minimum atomic E-state index is -3.66. The molecule has 0 aliphatic heterocycles. The van der Waals surface area contributed by atoms with Crippen molar-refractivity contribution in [3.8, 4) is 0 Å². The predicted molar refractivity (Wildman–Crippen MR) is 81.6 cm³/mol. The lowest BCUT2D eigenvalue weighted by molar-refractivity contribution is 0.190. The normalized spacial score (nSPS) is 21.5. The molecule has 0 aromatic carbocycles. The van der Waals surface area contributed by atoms with Crippen molar-refractivity contribution in [2.45, 2.75) is 39.0 Å². The van der Waals surface area contributed by atoms with Crippen LogP contribution in [-0.4, -0.2) is 37.9 Å². The summed E-state index contributed by atoms with van der Waals surface area (Å²) in [6.45, 7) is 7.84. The van der Waals surface area contributed by atoms with Gasteiger partial charge in [0.1, 0.15) is 0 Å². The molecule has 0 saturated heterocycles. The smallest absolute Gasteiger partial charge is 0.330 e. The van der Waals surface area contributed by atoms with Gasteiger partial charge in [-0.1, -0.05) is 0 Å². The Hall–Kier alpha value is 0.260. The van der Waals surface area contributed by atoms with Gasteiger partial charge in [0.05, 0.1) is 26.4 Å². The molecule has 0 aromatic heterocycles. The maximum absolute atomic E-state index is 13.2. The molecule has 0 radical (unpaired) electrons. The quantitative estimate of drug-likeness (QED) is 0.575. The van der Waals surface area contributed by atoms with Crippen molar-refractivity contribution in [3.05, 3.63) is 0 Å². The van der Waals surface area contributed by atoms with Gasteiger partial charge in [-0.2, -0.15) is 0 Å². The maximum Gasteiger partial charge on any atom is 0.349 e. The Balaban J connectivity index is 3.30. The standard InChI is InChI=1S/C12H27NO6P2/c1-5-16-20(14,17-6-2)12(9-11(12)10-13)21(15,18-7-3)19-8-4/h11H,5-10,13H2,1-4H3. The van der Waals surface area contributed by atoms with E-state index in [2.05, 4.69) is 0 Å². The monoisotopic (exact) mass is 343 g/mol. The molecule has 0 spiro atoms. The zero-order chi connectivity index (χ0) is 16.1. The van der Waals surface area contributed by atoms with Crippen LogP contribution in [0.1, 0.15) is 34.1 Å². The highest BCUT2D eigenvalue weighted by Crippen LogP contribution is 2.89. The first-order chi connectivity index (χ1) is 9.91. The van der Waals surface area contributed by atoms with Crippen LogP contribution < -0.4 is 5.73 Å². The summed E-state index contributed by atoms with van der Waals surface area (Å²) in [5.41, 5.74) is 5.72. The van der Waals surface area contributed by atoms with Crippen molar-refractivity contribution >= 4 is 15.2 Å². The lowest BCUT2D eigenvalue weighted by Gasteiger charge is -2.32. The van der Waals surface area contributed by atoms with Crippen molar-refractivity contribution in [1.29, 1.82) is 0 Å². The minimum absolute atomic E-state index is 0.189. The fourth-order valence-corrected chi connectivity index (χ4v) is 8.89. The summed E-state index contributed by atoms with van der Waals surface area (Å²) < 4.78 is 48.1. The highest BCUT2D eigenvalue weighted by Gasteiger charge is 2.78. The van der Waals surface area contributed by atoms with E-state index in [0.717, 1.165) is 0 Å². The molecule has 1 aliphatic rings. The van der Waals surface area contributed by atoms with Crippen LogP contribution in [0.25, 0.3) is 0 Å². The molecule has 0 bridgehead atoms. The van der Waals surface area contributed by atoms with Crippen LogP contribution in [0.3, 0.4) is 0 Å². The van der Waals surface area contributed by atoms with E-state index in [4.69, 9.17) is 23.8 Å². The van der Waals surface area contributed by atoms with E-state index in [1.54, 1.807) is 27.7 Å². The number of nitrogens with two attached hydrogens (primary N) is 1. The molecule has 1 saturated carbocycles. The Kier molecular flexibility index (Phi) is 7.07. The zero-order valence-electron chi connectivity index (χ0n) is 13.2. The van der Waals surface area contributed by atoms with Crippen molar-refractivity contribution in [3.63, 3.8) is 0 Å². The van der Waals surface area contributed by atoms with Gasteiger partial charge in [-0.05, 0) is 40.7 Å². The van der Waals surface area contributed by atoms with E-state index in [0.29, 0.717) is 6.42 Å². The molecule has 126 valence electrons. The van der Waals surface area contributed by atoms with Gasteiger partial charge in [-0.25, -0.2) is 0 Å². The van der Waals surface area contributed by atoms with Gasteiger partial charge in [0.25, 0.3) is 0 Å². The zero-order valence-corrected chi connectivity index (χ0v) is 15.0. The first-order valence-electron chi connectivity index (χ1n) is 7.39. The highest BCUT2D eigenvalue weighted by atomic mass is 31.2. The summed E-state index contributed by atoms with van der Waals surface area (Å²) >= 11 is 0. The molecule has 7 nitrogen and oxygen atoms in total. The summed E-state index contributed by atoms with van der Waals surface area (Å²) in [6, 6.07) is 0. The van der Waals surface area contributed by atoms with Gasteiger partial charge in [-0.3, -0.25) is 9.13 Å². The Morgan fingerprint density at radius 3 is 1.43 bits per heavy atom. The topological polar surface area (TPSA) is 97.1 Å². The summed E-state index contributed by atoms with van der Waals surface area (Å²) in [7, 11) is -7.32. The van der Waals surface area contributed by atoms with Crippen LogP contribution in [0, 0.1) is 5.92 Å². The van der Waals surface area contributed by atoms with Gasteiger partial charge < -0.3 is 23.8 Å². The largest absolute Gasteiger partial charge is 0.349 e. The Labute approximate surface area is 126 Å². The van der Waals surface area contributed by atoms with Crippen molar-refractivity contribution in [2.24, 2.45) is 11.7 Å². The summed E-state index contributed by atoms with van der Waals surface area (Å²) in [5, 5.41) is 0. The van der Waals surface area contributed by atoms with Crippen LogP contribution in [0.5, 0.6) is 0 Å². The number of hydrogen-bond donors (Lipinski definition) is 1.